The van der Waals surface area contributed by atoms with Gasteiger partial charge in [-0.25, -0.2) is 0 Å². The summed E-state index contributed by atoms with van der Waals surface area (Å²) in [7, 11) is 1.56. The third-order valence-corrected chi connectivity index (χ3v) is 4.48. The quantitative estimate of drug-likeness (QED) is 0.795. The number of carbonyl (C=O) groups is 2. The Morgan fingerprint density at radius 3 is 2.96 bits per heavy atom. The SMILES string of the molecule is CCOC(=O)CSC1=C(C#N)C(c2cccc(OC)c2)CC(=O)N1. The molecule has 1 N–H and O–H groups in total. The molecule has 0 aromatic heterocycles. The molecule has 0 saturated heterocycles. The van der Waals surface area contributed by atoms with Crippen LogP contribution in [0.2, 0.25) is 0 Å². The molecule has 0 radical (unpaired) electrons. The molecule has 1 aromatic rings. The largest absolute Gasteiger partial charge is 0.497 e. The van der Waals surface area contributed by atoms with E-state index in [1.807, 2.05) is 18.2 Å². The second kappa shape index (κ2) is 8.41. The maximum absolute atomic E-state index is 12.0. The number of carbonyl (C=O) groups excluding carboxylic acids is 2. The highest BCUT2D eigenvalue weighted by Crippen LogP contribution is 2.36. The molecule has 0 saturated carbocycles. The number of hydrogen-bond donors (Lipinski definition) is 1. The first-order valence-corrected chi connectivity index (χ1v) is 8.44. The summed E-state index contributed by atoms with van der Waals surface area (Å²) in [6.07, 6.45) is 0.180. The molecule has 1 amide bonds. The van der Waals surface area contributed by atoms with Crippen LogP contribution in [0.3, 0.4) is 0 Å². The minimum Gasteiger partial charge on any atom is -0.497 e. The summed E-state index contributed by atoms with van der Waals surface area (Å²) in [6, 6.07) is 9.46. The number of amides is 1. The van der Waals surface area contributed by atoms with Gasteiger partial charge >= 0.3 is 5.97 Å². The van der Waals surface area contributed by atoms with Gasteiger partial charge in [0.05, 0.1) is 36.1 Å². The molecule has 0 spiro atoms. The van der Waals surface area contributed by atoms with E-state index in [-0.39, 0.29) is 30.0 Å². The number of benzene rings is 1. The molecular formula is C17H18N2O4S. The van der Waals surface area contributed by atoms with Gasteiger partial charge in [-0.1, -0.05) is 23.9 Å². The van der Waals surface area contributed by atoms with Gasteiger partial charge in [-0.05, 0) is 24.6 Å². The van der Waals surface area contributed by atoms with Gasteiger partial charge in [0.15, 0.2) is 0 Å². The van der Waals surface area contributed by atoms with Crippen molar-refractivity contribution in [2.75, 3.05) is 19.5 Å². The average molecular weight is 346 g/mol. The second-order valence-corrected chi connectivity index (χ2v) is 6.02. The minimum atomic E-state index is -0.384. The summed E-state index contributed by atoms with van der Waals surface area (Å²) in [4.78, 5) is 23.5. The average Bonchev–Trinajstić information content (AvgIpc) is 2.59. The van der Waals surface area contributed by atoms with Crippen LogP contribution >= 0.6 is 11.8 Å². The first-order valence-electron chi connectivity index (χ1n) is 7.45. The number of ether oxygens (including phenoxy) is 2. The Morgan fingerprint density at radius 2 is 2.29 bits per heavy atom. The summed E-state index contributed by atoms with van der Waals surface area (Å²) in [5, 5.41) is 12.7. The first kappa shape index (κ1) is 17.9. The van der Waals surface area contributed by atoms with Gasteiger partial charge in [0.25, 0.3) is 0 Å². The molecule has 1 aliphatic heterocycles. The topological polar surface area (TPSA) is 88.4 Å². The number of hydrogen-bond acceptors (Lipinski definition) is 6. The van der Waals surface area contributed by atoms with E-state index in [2.05, 4.69) is 11.4 Å². The molecular weight excluding hydrogens is 328 g/mol. The van der Waals surface area contributed by atoms with Crippen LogP contribution in [0.5, 0.6) is 5.75 Å². The number of nitrogens with one attached hydrogen (secondary N) is 1. The Bertz CT molecular complexity index is 709. The number of esters is 1. The van der Waals surface area contributed by atoms with Gasteiger partial charge in [-0.3, -0.25) is 9.59 Å². The highest BCUT2D eigenvalue weighted by Gasteiger charge is 2.30. The molecule has 1 aromatic carbocycles. The lowest BCUT2D eigenvalue weighted by Gasteiger charge is -2.25. The number of nitrogens with zero attached hydrogens (tertiary/aromatic N) is 1. The van der Waals surface area contributed by atoms with Crippen LogP contribution in [-0.4, -0.2) is 31.3 Å². The third-order valence-electron chi connectivity index (χ3n) is 3.49. The highest BCUT2D eigenvalue weighted by atomic mass is 32.2. The Balaban J connectivity index is 2.29. The van der Waals surface area contributed by atoms with Gasteiger partial charge in [-0.15, -0.1) is 0 Å². The Hall–Kier alpha value is -2.46. The van der Waals surface area contributed by atoms with Crippen molar-refractivity contribution in [2.45, 2.75) is 19.3 Å². The zero-order chi connectivity index (χ0) is 17.5. The van der Waals surface area contributed by atoms with Crippen molar-refractivity contribution in [3.05, 3.63) is 40.4 Å². The lowest BCUT2D eigenvalue weighted by molar-refractivity contribution is -0.139. The van der Waals surface area contributed by atoms with Crippen molar-refractivity contribution < 1.29 is 19.1 Å². The second-order valence-electron chi connectivity index (χ2n) is 5.03. The number of methoxy groups -OCH3 is 1. The normalized spacial score (nSPS) is 17.0. The van der Waals surface area contributed by atoms with Gasteiger partial charge in [-0.2, -0.15) is 5.26 Å². The van der Waals surface area contributed by atoms with Crippen molar-refractivity contribution in [1.82, 2.24) is 5.32 Å². The van der Waals surface area contributed by atoms with E-state index in [1.54, 1.807) is 20.1 Å². The molecule has 126 valence electrons. The molecule has 1 atom stereocenters. The van der Waals surface area contributed by atoms with Crippen LogP contribution in [0, 0.1) is 11.3 Å². The third kappa shape index (κ3) is 4.30. The van der Waals surface area contributed by atoms with E-state index < -0.39 is 0 Å². The fraction of sp³-hybridized carbons (Fsp3) is 0.353. The van der Waals surface area contributed by atoms with E-state index in [1.165, 1.54) is 0 Å². The summed E-state index contributed by atoms with van der Waals surface area (Å²) in [6.45, 7) is 2.02. The summed E-state index contributed by atoms with van der Waals surface area (Å²) in [5.41, 5.74) is 1.27. The van der Waals surface area contributed by atoms with Crippen LogP contribution in [-0.2, 0) is 14.3 Å². The minimum absolute atomic E-state index is 0.0411. The van der Waals surface area contributed by atoms with Crippen molar-refractivity contribution in [3.8, 4) is 11.8 Å². The van der Waals surface area contributed by atoms with Crippen LogP contribution in [0.15, 0.2) is 34.9 Å². The van der Waals surface area contributed by atoms with Crippen LogP contribution < -0.4 is 10.1 Å². The monoisotopic (exact) mass is 346 g/mol. The van der Waals surface area contributed by atoms with Crippen LogP contribution in [0.4, 0.5) is 0 Å². The van der Waals surface area contributed by atoms with Gasteiger partial charge in [0.1, 0.15) is 5.75 Å². The molecule has 7 heteroatoms. The van der Waals surface area contributed by atoms with Gasteiger partial charge < -0.3 is 14.8 Å². The fourth-order valence-corrected chi connectivity index (χ4v) is 3.28. The highest BCUT2D eigenvalue weighted by molar-refractivity contribution is 8.03. The zero-order valence-corrected chi connectivity index (χ0v) is 14.3. The van der Waals surface area contributed by atoms with Crippen molar-refractivity contribution in [1.29, 1.82) is 5.26 Å². The molecule has 6 nitrogen and oxygen atoms in total. The molecule has 0 bridgehead atoms. The fourth-order valence-electron chi connectivity index (χ4n) is 2.41. The zero-order valence-electron chi connectivity index (χ0n) is 13.5. The maximum atomic E-state index is 12.0. The molecule has 1 aliphatic rings. The molecule has 2 rings (SSSR count). The van der Waals surface area contributed by atoms with E-state index in [0.29, 0.717) is 23.0 Å². The maximum Gasteiger partial charge on any atom is 0.316 e. The standard InChI is InChI=1S/C17H18N2O4S/c1-3-23-16(21)10-24-17-14(9-18)13(8-15(20)19-17)11-5-4-6-12(7-11)22-2/h4-7,13H,3,8,10H2,1-2H3,(H,19,20). The van der Waals surface area contributed by atoms with E-state index in [0.717, 1.165) is 17.3 Å². The Kier molecular flexibility index (Phi) is 6.27. The van der Waals surface area contributed by atoms with Crippen molar-refractivity contribution in [3.63, 3.8) is 0 Å². The molecule has 0 aliphatic carbocycles. The predicted octanol–water partition coefficient (Wildman–Crippen LogP) is 2.33. The number of thioether (sulfide) groups is 1. The summed E-state index contributed by atoms with van der Waals surface area (Å²) >= 11 is 1.11. The number of nitriles is 1. The first-order chi connectivity index (χ1) is 11.6. The lowest BCUT2D eigenvalue weighted by Crippen LogP contribution is -2.31. The lowest BCUT2D eigenvalue weighted by atomic mass is 9.87. The smallest absolute Gasteiger partial charge is 0.316 e. The van der Waals surface area contributed by atoms with Gasteiger partial charge in [0, 0.05) is 12.3 Å². The number of rotatable bonds is 6. The Morgan fingerprint density at radius 1 is 1.50 bits per heavy atom. The molecule has 1 unspecified atom stereocenters. The summed E-state index contributed by atoms with van der Waals surface area (Å²) < 4.78 is 10.1. The van der Waals surface area contributed by atoms with Gasteiger partial charge in [0.2, 0.25) is 5.91 Å². The van der Waals surface area contributed by atoms with Crippen molar-refractivity contribution >= 4 is 23.6 Å². The van der Waals surface area contributed by atoms with E-state index in [9.17, 15) is 14.9 Å². The molecule has 1 heterocycles. The molecule has 24 heavy (non-hydrogen) atoms. The predicted molar refractivity (Wildman–Crippen MR) is 90.2 cm³/mol. The van der Waals surface area contributed by atoms with E-state index >= 15 is 0 Å². The van der Waals surface area contributed by atoms with Crippen molar-refractivity contribution in [2.24, 2.45) is 0 Å². The summed E-state index contributed by atoms with van der Waals surface area (Å²) in [5.74, 6) is -0.224. The van der Waals surface area contributed by atoms with Crippen LogP contribution in [0.25, 0.3) is 0 Å². The Labute approximate surface area is 144 Å². The molecule has 0 fully saturated rings. The number of allylic oxidation sites excluding steroid dienone is 1. The van der Waals surface area contributed by atoms with E-state index in [4.69, 9.17) is 9.47 Å². The van der Waals surface area contributed by atoms with Crippen LogP contribution in [0.1, 0.15) is 24.8 Å².